The maximum absolute atomic E-state index is 12.2. The molecule has 1 amide bonds. The second-order valence-electron chi connectivity index (χ2n) is 6.67. The average molecular weight is 373 g/mol. The predicted molar refractivity (Wildman–Crippen MR) is 108 cm³/mol. The van der Waals surface area contributed by atoms with E-state index in [4.69, 9.17) is 9.15 Å². The van der Waals surface area contributed by atoms with Gasteiger partial charge in [-0.1, -0.05) is 48.5 Å². The minimum atomic E-state index is -0.476. The Morgan fingerprint density at radius 2 is 1.82 bits per heavy atom. The van der Waals surface area contributed by atoms with Crippen molar-refractivity contribution in [2.45, 2.75) is 13.3 Å². The Balaban J connectivity index is 1.37. The van der Waals surface area contributed by atoms with Gasteiger partial charge in [0, 0.05) is 22.0 Å². The van der Waals surface area contributed by atoms with Crippen LogP contribution in [0.1, 0.15) is 11.1 Å². The topological polar surface area (TPSA) is 68.5 Å². The summed E-state index contributed by atoms with van der Waals surface area (Å²) in [5.74, 6) is -0.853. The zero-order chi connectivity index (χ0) is 19.5. The largest absolute Gasteiger partial charge is 0.464 e. The number of ether oxygens (including phenoxy) is 1. The highest BCUT2D eigenvalue weighted by atomic mass is 16.5. The van der Waals surface area contributed by atoms with Crippen molar-refractivity contribution in [3.05, 3.63) is 78.1 Å². The molecule has 4 rings (SSSR count). The number of carbonyl (C=O) groups is 2. The van der Waals surface area contributed by atoms with Crippen LogP contribution in [0.2, 0.25) is 0 Å². The first-order valence-corrected chi connectivity index (χ1v) is 9.00. The Hall–Kier alpha value is -3.60. The first-order chi connectivity index (χ1) is 13.6. The van der Waals surface area contributed by atoms with Crippen molar-refractivity contribution in [1.82, 2.24) is 0 Å². The van der Waals surface area contributed by atoms with E-state index in [1.807, 2.05) is 67.6 Å². The van der Waals surface area contributed by atoms with E-state index in [0.717, 1.165) is 32.9 Å². The lowest BCUT2D eigenvalue weighted by Crippen LogP contribution is -2.21. The number of carbonyl (C=O) groups excluding carboxylic acids is 2. The third kappa shape index (κ3) is 3.74. The summed E-state index contributed by atoms with van der Waals surface area (Å²) < 4.78 is 10.6. The van der Waals surface area contributed by atoms with Crippen LogP contribution in [0.15, 0.2) is 71.3 Å². The minimum absolute atomic E-state index is 0.0532. The van der Waals surface area contributed by atoms with Gasteiger partial charge in [0.1, 0.15) is 5.58 Å². The Morgan fingerprint density at radius 3 is 2.71 bits per heavy atom. The lowest BCUT2D eigenvalue weighted by Gasteiger charge is -2.09. The van der Waals surface area contributed by atoms with Crippen LogP contribution in [0.4, 0.5) is 5.69 Å². The van der Waals surface area contributed by atoms with Gasteiger partial charge in [-0.3, -0.25) is 9.59 Å². The SMILES string of the molecule is Cc1ccc2c(CC(=O)OCC(=O)Nc3cccc4ccccc34)coc2c1. The van der Waals surface area contributed by atoms with Crippen molar-refractivity contribution in [2.75, 3.05) is 11.9 Å². The van der Waals surface area contributed by atoms with Gasteiger partial charge in [0.2, 0.25) is 0 Å². The molecule has 0 saturated heterocycles. The van der Waals surface area contributed by atoms with Crippen molar-refractivity contribution in [3.63, 3.8) is 0 Å². The molecule has 4 aromatic rings. The van der Waals surface area contributed by atoms with Gasteiger partial charge in [0.05, 0.1) is 12.7 Å². The fourth-order valence-electron chi connectivity index (χ4n) is 3.20. The zero-order valence-electron chi connectivity index (χ0n) is 15.4. The molecule has 0 aliphatic carbocycles. The number of hydrogen-bond donors (Lipinski definition) is 1. The van der Waals surface area contributed by atoms with Gasteiger partial charge in [-0.15, -0.1) is 0 Å². The number of aryl methyl sites for hydroxylation is 1. The molecule has 5 nitrogen and oxygen atoms in total. The predicted octanol–water partition coefficient (Wildman–Crippen LogP) is 4.62. The van der Waals surface area contributed by atoms with E-state index in [1.54, 1.807) is 6.26 Å². The van der Waals surface area contributed by atoms with Crippen LogP contribution in [0.5, 0.6) is 0 Å². The maximum Gasteiger partial charge on any atom is 0.310 e. The van der Waals surface area contributed by atoms with Crippen LogP contribution in [-0.4, -0.2) is 18.5 Å². The van der Waals surface area contributed by atoms with Crippen molar-refractivity contribution in [3.8, 4) is 0 Å². The average Bonchev–Trinajstić information content (AvgIpc) is 3.08. The van der Waals surface area contributed by atoms with Gasteiger partial charge < -0.3 is 14.5 Å². The number of esters is 1. The van der Waals surface area contributed by atoms with Crippen molar-refractivity contribution in [1.29, 1.82) is 0 Å². The third-order valence-electron chi connectivity index (χ3n) is 4.57. The molecular formula is C23H19NO4. The van der Waals surface area contributed by atoms with Gasteiger partial charge in [-0.05, 0) is 30.0 Å². The smallest absolute Gasteiger partial charge is 0.310 e. The first kappa shape index (κ1) is 17.8. The summed E-state index contributed by atoms with van der Waals surface area (Å²) >= 11 is 0. The van der Waals surface area contributed by atoms with E-state index >= 15 is 0 Å². The second-order valence-corrected chi connectivity index (χ2v) is 6.67. The first-order valence-electron chi connectivity index (χ1n) is 9.00. The van der Waals surface area contributed by atoms with Crippen LogP contribution < -0.4 is 5.32 Å². The van der Waals surface area contributed by atoms with Gasteiger partial charge in [0.25, 0.3) is 5.91 Å². The summed E-state index contributed by atoms with van der Waals surface area (Å²) in [5.41, 5.74) is 3.25. The summed E-state index contributed by atoms with van der Waals surface area (Å²) in [6, 6.07) is 19.2. The lowest BCUT2D eigenvalue weighted by molar-refractivity contribution is -0.146. The molecule has 0 unspecified atom stereocenters. The summed E-state index contributed by atoms with van der Waals surface area (Å²) in [4.78, 5) is 24.4. The lowest BCUT2D eigenvalue weighted by atomic mass is 10.1. The number of rotatable bonds is 5. The number of hydrogen-bond acceptors (Lipinski definition) is 4. The molecule has 0 bridgehead atoms. The van der Waals surface area contributed by atoms with Crippen molar-refractivity contribution >= 4 is 39.3 Å². The molecule has 0 atom stereocenters. The molecule has 1 N–H and O–H groups in total. The third-order valence-corrected chi connectivity index (χ3v) is 4.57. The summed E-state index contributed by atoms with van der Waals surface area (Å²) in [6.45, 7) is 1.64. The summed E-state index contributed by atoms with van der Waals surface area (Å²) in [6.07, 6.45) is 1.61. The minimum Gasteiger partial charge on any atom is -0.464 e. The monoisotopic (exact) mass is 373 g/mol. The summed E-state index contributed by atoms with van der Waals surface area (Å²) in [5, 5.41) is 5.64. The molecule has 0 aliphatic heterocycles. The number of fused-ring (bicyclic) bond motifs is 2. The Labute approximate surface area is 161 Å². The maximum atomic E-state index is 12.2. The van der Waals surface area contributed by atoms with Crippen LogP contribution in [-0.2, 0) is 20.7 Å². The van der Waals surface area contributed by atoms with E-state index < -0.39 is 5.97 Å². The number of amides is 1. The van der Waals surface area contributed by atoms with E-state index in [1.165, 1.54) is 0 Å². The Bertz CT molecular complexity index is 1170. The number of furan rings is 1. The molecule has 140 valence electrons. The molecule has 0 aliphatic rings. The highest BCUT2D eigenvalue weighted by molar-refractivity contribution is 6.02. The zero-order valence-corrected chi connectivity index (χ0v) is 15.4. The molecule has 1 aromatic heterocycles. The highest BCUT2D eigenvalue weighted by Crippen LogP contribution is 2.24. The van der Waals surface area contributed by atoms with Gasteiger partial charge in [-0.2, -0.15) is 0 Å². The van der Waals surface area contributed by atoms with Crippen LogP contribution >= 0.6 is 0 Å². The quantitative estimate of drug-likeness (QED) is 0.518. The molecule has 0 spiro atoms. The molecule has 1 heterocycles. The molecule has 0 fully saturated rings. The number of benzene rings is 3. The number of nitrogens with one attached hydrogen (secondary N) is 1. The Kier molecular flexibility index (Phi) is 4.81. The molecule has 3 aromatic carbocycles. The standard InChI is InChI=1S/C23H19NO4/c1-15-9-10-19-17(13-27-21(19)11-15)12-23(26)28-14-22(25)24-20-8-4-6-16-5-2-3-7-18(16)20/h2-11,13H,12,14H2,1H3,(H,24,25). The van der Waals surface area contributed by atoms with E-state index in [-0.39, 0.29) is 18.9 Å². The highest BCUT2D eigenvalue weighted by Gasteiger charge is 2.13. The van der Waals surface area contributed by atoms with Gasteiger partial charge >= 0.3 is 5.97 Å². The Morgan fingerprint density at radius 1 is 1.00 bits per heavy atom. The van der Waals surface area contributed by atoms with E-state index in [2.05, 4.69) is 5.32 Å². The van der Waals surface area contributed by atoms with E-state index in [0.29, 0.717) is 5.69 Å². The van der Waals surface area contributed by atoms with Gasteiger partial charge in [0.15, 0.2) is 6.61 Å². The normalized spacial score (nSPS) is 10.9. The molecule has 0 radical (unpaired) electrons. The second kappa shape index (κ2) is 7.56. The fourth-order valence-corrected chi connectivity index (χ4v) is 3.20. The summed E-state index contributed by atoms with van der Waals surface area (Å²) in [7, 11) is 0. The van der Waals surface area contributed by atoms with Gasteiger partial charge in [-0.25, -0.2) is 0 Å². The van der Waals surface area contributed by atoms with E-state index in [9.17, 15) is 9.59 Å². The van der Waals surface area contributed by atoms with Crippen molar-refractivity contribution < 1.29 is 18.7 Å². The fraction of sp³-hybridized carbons (Fsp3) is 0.130. The molecule has 28 heavy (non-hydrogen) atoms. The number of anilines is 1. The molecule has 5 heteroatoms. The van der Waals surface area contributed by atoms with Crippen LogP contribution in [0.25, 0.3) is 21.7 Å². The van der Waals surface area contributed by atoms with Crippen LogP contribution in [0, 0.1) is 6.92 Å². The molecule has 0 saturated carbocycles. The molecular weight excluding hydrogens is 354 g/mol. The van der Waals surface area contributed by atoms with Crippen LogP contribution in [0.3, 0.4) is 0 Å². The van der Waals surface area contributed by atoms with Crippen molar-refractivity contribution in [2.24, 2.45) is 0 Å².